The zero-order valence-corrected chi connectivity index (χ0v) is 10.0. The van der Waals surface area contributed by atoms with E-state index in [1.807, 2.05) is 0 Å². The number of nitrogens with zero attached hydrogens (tertiary/aromatic N) is 2. The molecule has 3 rings (SSSR count). The molecule has 5 nitrogen and oxygen atoms in total. The van der Waals surface area contributed by atoms with Gasteiger partial charge in [0.2, 0.25) is 0 Å². The SMILES string of the molecule is O[C@H]1[C@H](O)[C@@H](CF)O[C@@H]2SC(N3CCC3)=N[C@H]12. The van der Waals surface area contributed by atoms with Crippen molar-refractivity contribution < 1.29 is 19.3 Å². The molecule has 0 radical (unpaired) electrons. The van der Waals surface area contributed by atoms with Crippen molar-refractivity contribution in [3.05, 3.63) is 0 Å². The number of aliphatic imine (C=N–C) groups is 1. The number of halogens is 1. The summed E-state index contributed by atoms with van der Waals surface area (Å²) in [5, 5.41) is 20.4. The zero-order chi connectivity index (χ0) is 12.0. The molecule has 0 spiro atoms. The summed E-state index contributed by atoms with van der Waals surface area (Å²) in [4.78, 5) is 6.49. The van der Waals surface area contributed by atoms with Gasteiger partial charge in [0.25, 0.3) is 0 Å². The number of thioether (sulfide) groups is 1. The molecule has 5 atom stereocenters. The topological polar surface area (TPSA) is 65.3 Å². The first-order chi connectivity index (χ1) is 8.20. The minimum absolute atomic E-state index is 0.371. The molecule has 0 saturated carbocycles. The molecule has 7 heteroatoms. The highest BCUT2D eigenvalue weighted by Crippen LogP contribution is 2.38. The third-order valence-corrected chi connectivity index (χ3v) is 4.62. The van der Waals surface area contributed by atoms with Crippen LogP contribution >= 0.6 is 11.8 Å². The summed E-state index contributed by atoms with van der Waals surface area (Å²) in [6.45, 7) is 1.15. The Kier molecular flexibility index (Phi) is 3.02. The van der Waals surface area contributed by atoms with Crippen molar-refractivity contribution in [3.63, 3.8) is 0 Å². The Morgan fingerprint density at radius 1 is 1.41 bits per heavy atom. The third-order valence-electron chi connectivity index (χ3n) is 3.43. The van der Waals surface area contributed by atoms with Crippen LogP contribution in [0.1, 0.15) is 6.42 Å². The van der Waals surface area contributed by atoms with Crippen LogP contribution in [0.4, 0.5) is 4.39 Å². The summed E-state index contributed by atoms with van der Waals surface area (Å²) in [5.74, 6) is 0. The molecule has 96 valence electrons. The van der Waals surface area contributed by atoms with E-state index in [1.54, 1.807) is 0 Å². The lowest BCUT2D eigenvalue weighted by Gasteiger charge is -2.37. The molecule has 0 aromatic rings. The molecular formula is C10H15FN2O3S. The number of aliphatic hydroxyl groups is 2. The zero-order valence-electron chi connectivity index (χ0n) is 9.20. The second-order valence-corrected chi connectivity index (χ2v) is 5.60. The van der Waals surface area contributed by atoms with Gasteiger partial charge in [-0.1, -0.05) is 11.8 Å². The Hall–Kier alpha value is -0.370. The third kappa shape index (κ3) is 1.85. The van der Waals surface area contributed by atoms with Gasteiger partial charge in [0.15, 0.2) is 5.17 Å². The van der Waals surface area contributed by atoms with E-state index in [4.69, 9.17) is 4.74 Å². The highest BCUT2D eigenvalue weighted by Gasteiger charge is 2.49. The lowest BCUT2D eigenvalue weighted by atomic mass is 9.99. The highest BCUT2D eigenvalue weighted by molar-refractivity contribution is 8.14. The van der Waals surface area contributed by atoms with Gasteiger partial charge in [-0.15, -0.1) is 0 Å². The molecule has 0 aliphatic carbocycles. The summed E-state index contributed by atoms with van der Waals surface area (Å²) < 4.78 is 18.1. The van der Waals surface area contributed by atoms with E-state index >= 15 is 0 Å². The Morgan fingerprint density at radius 2 is 2.18 bits per heavy atom. The highest BCUT2D eigenvalue weighted by atomic mass is 32.2. The predicted molar refractivity (Wildman–Crippen MR) is 61.7 cm³/mol. The van der Waals surface area contributed by atoms with Crippen molar-refractivity contribution in [3.8, 4) is 0 Å². The first kappa shape index (κ1) is 11.7. The van der Waals surface area contributed by atoms with Gasteiger partial charge in [-0.3, -0.25) is 4.99 Å². The van der Waals surface area contributed by atoms with E-state index < -0.39 is 31.0 Å². The van der Waals surface area contributed by atoms with Gasteiger partial charge in [-0.05, 0) is 6.42 Å². The molecule has 0 bridgehead atoms. The number of fused-ring (bicyclic) bond motifs is 1. The molecule has 0 aromatic carbocycles. The summed E-state index contributed by atoms with van der Waals surface area (Å²) in [6.07, 6.45) is -2.03. The summed E-state index contributed by atoms with van der Waals surface area (Å²) in [5.41, 5.74) is -0.371. The molecule has 2 N–H and O–H groups in total. The van der Waals surface area contributed by atoms with Crippen molar-refractivity contribution in [2.75, 3.05) is 19.8 Å². The van der Waals surface area contributed by atoms with Crippen LogP contribution in [0.25, 0.3) is 0 Å². The maximum atomic E-state index is 12.6. The minimum atomic E-state index is -1.19. The molecular weight excluding hydrogens is 247 g/mol. The van der Waals surface area contributed by atoms with Gasteiger partial charge in [0, 0.05) is 13.1 Å². The number of likely N-dealkylation sites (tertiary alicyclic amines) is 1. The van der Waals surface area contributed by atoms with Gasteiger partial charge in [-0.25, -0.2) is 4.39 Å². The van der Waals surface area contributed by atoms with Gasteiger partial charge in [0.1, 0.15) is 36.5 Å². The molecule has 3 aliphatic heterocycles. The van der Waals surface area contributed by atoms with E-state index in [-0.39, 0.29) is 5.44 Å². The van der Waals surface area contributed by atoms with Crippen LogP contribution in [0.3, 0.4) is 0 Å². The molecule has 17 heavy (non-hydrogen) atoms. The number of amidine groups is 1. The van der Waals surface area contributed by atoms with Crippen LogP contribution in [0.5, 0.6) is 0 Å². The van der Waals surface area contributed by atoms with E-state index in [9.17, 15) is 14.6 Å². The average Bonchev–Trinajstić information content (AvgIpc) is 2.64. The maximum Gasteiger partial charge on any atom is 0.162 e. The van der Waals surface area contributed by atoms with Crippen LogP contribution in [0.15, 0.2) is 4.99 Å². The van der Waals surface area contributed by atoms with Gasteiger partial charge in [0.05, 0.1) is 0 Å². The number of alkyl halides is 1. The molecule has 3 heterocycles. The Balaban J connectivity index is 1.74. The quantitative estimate of drug-likeness (QED) is 0.672. The van der Waals surface area contributed by atoms with Crippen LogP contribution in [0.2, 0.25) is 0 Å². The number of aliphatic hydroxyl groups excluding tert-OH is 2. The molecule has 2 fully saturated rings. The normalized spacial score (nSPS) is 45.2. The second-order valence-electron chi connectivity index (χ2n) is 4.54. The number of rotatable bonds is 1. The smallest absolute Gasteiger partial charge is 0.162 e. The van der Waals surface area contributed by atoms with E-state index in [1.165, 1.54) is 11.8 Å². The maximum absolute atomic E-state index is 12.6. The number of ether oxygens (including phenoxy) is 1. The molecule has 0 amide bonds. The lowest BCUT2D eigenvalue weighted by Crippen LogP contribution is -2.55. The van der Waals surface area contributed by atoms with Crippen LogP contribution < -0.4 is 0 Å². The van der Waals surface area contributed by atoms with E-state index in [0.29, 0.717) is 0 Å². The fraction of sp³-hybridized carbons (Fsp3) is 0.900. The van der Waals surface area contributed by atoms with Gasteiger partial charge >= 0.3 is 0 Å². The molecule has 3 aliphatic rings. The fourth-order valence-corrected chi connectivity index (χ4v) is 3.49. The number of hydrogen-bond donors (Lipinski definition) is 2. The Bertz CT molecular complexity index is 340. The largest absolute Gasteiger partial charge is 0.388 e. The van der Waals surface area contributed by atoms with Crippen molar-refractivity contribution in [1.82, 2.24) is 4.90 Å². The molecule has 0 unspecified atom stereocenters. The average molecular weight is 262 g/mol. The monoisotopic (exact) mass is 262 g/mol. The van der Waals surface area contributed by atoms with Crippen molar-refractivity contribution >= 4 is 16.9 Å². The Morgan fingerprint density at radius 3 is 2.76 bits per heavy atom. The van der Waals surface area contributed by atoms with E-state index in [0.717, 1.165) is 24.7 Å². The van der Waals surface area contributed by atoms with Crippen molar-refractivity contribution in [1.29, 1.82) is 0 Å². The van der Waals surface area contributed by atoms with Crippen molar-refractivity contribution in [2.45, 2.75) is 36.2 Å². The minimum Gasteiger partial charge on any atom is -0.388 e. The summed E-state index contributed by atoms with van der Waals surface area (Å²) >= 11 is 1.42. The van der Waals surface area contributed by atoms with E-state index in [2.05, 4.69) is 9.89 Å². The lowest BCUT2D eigenvalue weighted by molar-refractivity contribution is -0.157. The summed E-state index contributed by atoms with van der Waals surface area (Å²) in [7, 11) is 0. The standard InChI is InChI=1S/C10H15FN2O3S/c11-4-5-7(14)8(15)6-9(16-5)17-10(12-6)13-2-1-3-13/h5-9,14-15H,1-4H2/t5-,6-,7-,8-,9-/m1/s1. The molecule has 0 aromatic heterocycles. The van der Waals surface area contributed by atoms with Crippen LogP contribution in [0, 0.1) is 0 Å². The first-order valence-electron chi connectivity index (χ1n) is 5.77. The molecule has 2 saturated heterocycles. The van der Waals surface area contributed by atoms with Gasteiger partial charge in [-0.2, -0.15) is 0 Å². The summed E-state index contributed by atoms with van der Waals surface area (Å²) in [6, 6.07) is -0.478. The second kappa shape index (κ2) is 4.38. The first-order valence-corrected chi connectivity index (χ1v) is 6.65. The Labute approximate surface area is 103 Å². The number of hydrogen-bond acceptors (Lipinski definition) is 6. The van der Waals surface area contributed by atoms with Crippen LogP contribution in [-0.2, 0) is 4.74 Å². The van der Waals surface area contributed by atoms with Crippen molar-refractivity contribution in [2.24, 2.45) is 4.99 Å². The fourth-order valence-electron chi connectivity index (χ4n) is 2.20. The predicted octanol–water partition coefficient (Wildman–Crippen LogP) is -0.420. The van der Waals surface area contributed by atoms with Gasteiger partial charge < -0.3 is 19.8 Å². The van der Waals surface area contributed by atoms with Crippen LogP contribution in [-0.4, -0.2) is 69.8 Å².